The summed E-state index contributed by atoms with van der Waals surface area (Å²) in [6.45, 7) is 4.44. The van der Waals surface area contributed by atoms with Crippen LogP contribution in [-0.4, -0.2) is 11.9 Å². The predicted molar refractivity (Wildman–Crippen MR) is 89.6 cm³/mol. The topological polar surface area (TPSA) is 67.2 Å². The van der Waals surface area contributed by atoms with E-state index in [0.29, 0.717) is 18.2 Å². The number of benzene rings is 1. The van der Waals surface area contributed by atoms with Crippen molar-refractivity contribution in [3.05, 3.63) is 17.7 Å². The van der Waals surface area contributed by atoms with Crippen LogP contribution in [0.15, 0.2) is 12.1 Å². The summed E-state index contributed by atoms with van der Waals surface area (Å²) in [5.41, 5.74) is 9.93. The fourth-order valence-electron chi connectivity index (χ4n) is 2.88. The Labute approximate surface area is 127 Å². The highest BCUT2D eigenvalue weighted by atomic mass is 16.1. The van der Waals surface area contributed by atoms with Crippen LogP contribution in [-0.2, 0) is 11.2 Å². The molecule has 1 unspecified atom stereocenters. The van der Waals surface area contributed by atoms with Crippen molar-refractivity contribution < 1.29 is 4.79 Å². The first-order chi connectivity index (χ1) is 10.1. The number of aryl methyl sites for hydroxylation is 1. The third-order valence-electron chi connectivity index (χ3n) is 4.07. The lowest BCUT2D eigenvalue weighted by molar-refractivity contribution is -0.116. The van der Waals surface area contributed by atoms with Crippen LogP contribution in [0.1, 0.15) is 57.9 Å². The third kappa shape index (κ3) is 4.13. The molecule has 1 aromatic carbocycles. The molecular formula is C17H27N3O. The van der Waals surface area contributed by atoms with Crippen LogP contribution in [0.25, 0.3) is 0 Å². The molecule has 116 valence electrons. The van der Waals surface area contributed by atoms with E-state index in [1.54, 1.807) is 0 Å². The zero-order chi connectivity index (χ0) is 15.2. The van der Waals surface area contributed by atoms with Crippen molar-refractivity contribution in [3.8, 4) is 0 Å². The lowest BCUT2D eigenvalue weighted by Gasteiger charge is -2.23. The van der Waals surface area contributed by atoms with Gasteiger partial charge in [-0.05, 0) is 37.0 Å². The van der Waals surface area contributed by atoms with Gasteiger partial charge in [0.05, 0.1) is 11.4 Å². The van der Waals surface area contributed by atoms with E-state index in [1.807, 2.05) is 6.07 Å². The second-order valence-electron chi connectivity index (χ2n) is 5.92. The number of hydrogen-bond donors (Lipinski definition) is 3. The number of nitrogens with one attached hydrogen (secondary N) is 2. The number of unbranched alkanes of at least 4 members (excludes halogenated alkanes) is 1. The van der Waals surface area contributed by atoms with E-state index in [0.717, 1.165) is 24.2 Å². The highest BCUT2D eigenvalue weighted by Crippen LogP contribution is 2.32. The van der Waals surface area contributed by atoms with Gasteiger partial charge in [-0.15, -0.1) is 0 Å². The summed E-state index contributed by atoms with van der Waals surface area (Å²) in [5.74, 6) is 0.0782. The minimum Gasteiger partial charge on any atom is -0.397 e. The number of nitrogens with two attached hydrogens (primary N) is 1. The number of rotatable bonds is 7. The molecule has 0 saturated carbocycles. The number of hydrogen-bond acceptors (Lipinski definition) is 3. The van der Waals surface area contributed by atoms with Gasteiger partial charge in [0.2, 0.25) is 5.91 Å². The van der Waals surface area contributed by atoms with Gasteiger partial charge < -0.3 is 16.4 Å². The first kappa shape index (κ1) is 15.7. The smallest absolute Gasteiger partial charge is 0.224 e. The van der Waals surface area contributed by atoms with Crippen molar-refractivity contribution in [2.45, 2.75) is 64.8 Å². The molecule has 0 bridgehead atoms. The molecule has 1 atom stereocenters. The van der Waals surface area contributed by atoms with Gasteiger partial charge in [0.1, 0.15) is 0 Å². The van der Waals surface area contributed by atoms with E-state index < -0.39 is 0 Å². The summed E-state index contributed by atoms with van der Waals surface area (Å²) >= 11 is 0. The Hall–Kier alpha value is -1.71. The highest BCUT2D eigenvalue weighted by molar-refractivity contribution is 5.95. The summed E-state index contributed by atoms with van der Waals surface area (Å²) in [6, 6.07) is 4.48. The summed E-state index contributed by atoms with van der Waals surface area (Å²) < 4.78 is 0. The monoisotopic (exact) mass is 289 g/mol. The molecule has 4 nitrogen and oxygen atoms in total. The van der Waals surface area contributed by atoms with Gasteiger partial charge in [-0.25, -0.2) is 0 Å². The van der Waals surface area contributed by atoms with Gasteiger partial charge in [-0.3, -0.25) is 4.79 Å². The number of fused-ring (bicyclic) bond motifs is 1. The van der Waals surface area contributed by atoms with Crippen LogP contribution in [0, 0.1) is 0 Å². The number of carbonyl (C=O) groups is 1. The molecule has 1 aliphatic rings. The molecule has 0 fully saturated rings. The molecule has 4 N–H and O–H groups in total. The molecule has 1 amide bonds. The quantitative estimate of drug-likeness (QED) is 0.666. The van der Waals surface area contributed by atoms with Crippen LogP contribution < -0.4 is 16.4 Å². The lowest BCUT2D eigenvalue weighted by Crippen LogP contribution is -2.22. The van der Waals surface area contributed by atoms with Crippen molar-refractivity contribution in [2.24, 2.45) is 0 Å². The zero-order valence-corrected chi connectivity index (χ0v) is 13.2. The molecule has 21 heavy (non-hydrogen) atoms. The van der Waals surface area contributed by atoms with Crippen molar-refractivity contribution in [1.82, 2.24) is 0 Å². The van der Waals surface area contributed by atoms with E-state index in [4.69, 9.17) is 5.73 Å². The van der Waals surface area contributed by atoms with Crippen molar-refractivity contribution in [2.75, 3.05) is 16.4 Å². The van der Waals surface area contributed by atoms with Crippen LogP contribution in [0.5, 0.6) is 0 Å². The van der Waals surface area contributed by atoms with E-state index in [-0.39, 0.29) is 5.91 Å². The Bertz CT molecular complexity index is 499. The minimum atomic E-state index is 0.0782. The van der Waals surface area contributed by atoms with Gasteiger partial charge >= 0.3 is 0 Å². The summed E-state index contributed by atoms with van der Waals surface area (Å²) in [6.07, 6.45) is 7.31. The minimum absolute atomic E-state index is 0.0782. The van der Waals surface area contributed by atoms with Crippen LogP contribution in [0.2, 0.25) is 0 Å². The molecule has 4 heteroatoms. The van der Waals surface area contributed by atoms with Crippen molar-refractivity contribution in [3.63, 3.8) is 0 Å². The fraction of sp³-hybridized carbons (Fsp3) is 0.588. The fourth-order valence-corrected chi connectivity index (χ4v) is 2.88. The Morgan fingerprint density at radius 2 is 2.05 bits per heavy atom. The Morgan fingerprint density at radius 1 is 1.24 bits per heavy atom. The second kappa shape index (κ2) is 7.34. The summed E-state index contributed by atoms with van der Waals surface area (Å²) in [5, 5.41) is 6.50. The molecule has 0 aromatic heterocycles. The standard InChI is InChI=1S/C17H27N3O/c1-3-5-7-13(6-4-2)19-16-10-12-8-9-17(21)20-15(12)11-14(16)18/h10-11,13,19H,3-9,18H2,1-2H3,(H,20,21). The second-order valence-corrected chi connectivity index (χ2v) is 5.92. The Balaban J connectivity index is 2.13. The highest BCUT2D eigenvalue weighted by Gasteiger charge is 2.17. The maximum absolute atomic E-state index is 11.4. The van der Waals surface area contributed by atoms with Gasteiger partial charge in [0.25, 0.3) is 0 Å². The summed E-state index contributed by atoms with van der Waals surface area (Å²) in [7, 11) is 0. The van der Waals surface area contributed by atoms with E-state index >= 15 is 0 Å². The average Bonchev–Trinajstić information content (AvgIpc) is 2.46. The first-order valence-corrected chi connectivity index (χ1v) is 8.12. The molecule has 1 aromatic rings. The van der Waals surface area contributed by atoms with Crippen LogP contribution in [0.4, 0.5) is 17.1 Å². The SMILES string of the molecule is CCCCC(CCC)Nc1cc2c(cc1N)NC(=O)CC2. The maximum Gasteiger partial charge on any atom is 0.224 e. The molecule has 1 aliphatic heterocycles. The largest absolute Gasteiger partial charge is 0.397 e. The molecule has 2 rings (SSSR count). The maximum atomic E-state index is 11.4. The van der Waals surface area contributed by atoms with Crippen LogP contribution >= 0.6 is 0 Å². The van der Waals surface area contributed by atoms with Crippen molar-refractivity contribution in [1.29, 1.82) is 0 Å². The number of nitrogen functional groups attached to an aromatic ring is 1. The molecule has 0 aliphatic carbocycles. The number of anilines is 3. The normalized spacial score (nSPS) is 15.2. The summed E-state index contributed by atoms with van der Waals surface area (Å²) in [4.78, 5) is 11.4. The average molecular weight is 289 g/mol. The molecule has 1 heterocycles. The Morgan fingerprint density at radius 3 is 2.76 bits per heavy atom. The van der Waals surface area contributed by atoms with Crippen molar-refractivity contribution >= 4 is 23.0 Å². The lowest BCUT2D eigenvalue weighted by atomic mass is 10.00. The third-order valence-corrected chi connectivity index (χ3v) is 4.07. The number of carbonyl (C=O) groups excluding carboxylic acids is 1. The van der Waals surface area contributed by atoms with Crippen LogP contribution in [0.3, 0.4) is 0 Å². The first-order valence-electron chi connectivity index (χ1n) is 8.12. The Kier molecular flexibility index (Phi) is 5.48. The molecule has 0 saturated heterocycles. The number of amides is 1. The van der Waals surface area contributed by atoms with Gasteiger partial charge in [-0.1, -0.05) is 33.1 Å². The van der Waals surface area contributed by atoms with Gasteiger partial charge in [-0.2, -0.15) is 0 Å². The molecule has 0 radical (unpaired) electrons. The van der Waals surface area contributed by atoms with E-state index in [9.17, 15) is 4.79 Å². The zero-order valence-electron chi connectivity index (χ0n) is 13.2. The predicted octanol–water partition coefficient (Wildman–Crippen LogP) is 3.92. The van der Waals surface area contributed by atoms with Gasteiger partial charge in [0.15, 0.2) is 0 Å². The van der Waals surface area contributed by atoms with E-state index in [1.165, 1.54) is 31.2 Å². The molecular weight excluding hydrogens is 262 g/mol. The molecule has 0 spiro atoms. The van der Waals surface area contributed by atoms with E-state index in [2.05, 4.69) is 30.5 Å². The van der Waals surface area contributed by atoms with Gasteiger partial charge in [0, 0.05) is 18.2 Å².